The van der Waals surface area contributed by atoms with Crippen molar-refractivity contribution >= 4 is 10.8 Å². The smallest absolute Gasteiger partial charge is 0.126 e. The highest BCUT2D eigenvalue weighted by Crippen LogP contribution is 2.24. The maximum absolute atomic E-state index is 7.73. The van der Waals surface area contributed by atoms with Gasteiger partial charge in [-0.3, -0.25) is 0 Å². The fourth-order valence-corrected chi connectivity index (χ4v) is 1.29. The van der Waals surface area contributed by atoms with Gasteiger partial charge in [-0.15, -0.1) is 0 Å². The molecule has 60 valence electrons. The second-order valence-corrected chi connectivity index (χ2v) is 2.59. The summed E-state index contributed by atoms with van der Waals surface area (Å²) in [5.41, 5.74) is 0. The van der Waals surface area contributed by atoms with Crippen molar-refractivity contribution in [1.82, 2.24) is 0 Å². The minimum Gasteiger partial charge on any atom is -0.496 e. The van der Waals surface area contributed by atoms with Crippen molar-refractivity contribution < 1.29 is 6.11 Å². The van der Waals surface area contributed by atoms with E-state index >= 15 is 0 Å². The normalized spacial score (nSPS) is 11.2. The average Bonchev–Trinajstić information content (AvgIpc) is 2.17. The number of benzene rings is 2. The van der Waals surface area contributed by atoms with E-state index in [9.17, 15) is 0 Å². The minimum atomic E-state index is 0.509. The molecule has 0 unspecified atom stereocenters. The molecule has 0 spiro atoms. The maximum Gasteiger partial charge on any atom is 0.126 e. The zero-order valence-electron chi connectivity index (χ0n) is 7.87. The summed E-state index contributed by atoms with van der Waals surface area (Å²) in [6, 6.07) is 11.9. The molecule has 0 fully saturated rings. The third-order valence-electron chi connectivity index (χ3n) is 1.88. The number of ether oxygens (including phenoxy) is 1. The fourth-order valence-electron chi connectivity index (χ4n) is 1.29. The second-order valence-electron chi connectivity index (χ2n) is 2.59. The standard InChI is InChI=1S/C11H10O/c1-12-11-8-4-6-9-5-2-3-7-10(9)11/h2-8H,1H3/i7D. The largest absolute Gasteiger partial charge is 0.496 e. The molecule has 0 saturated heterocycles. The van der Waals surface area contributed by atoms with Crippen LogP contribution in [-0.2, 0) is 0 Å². The molecule has 1 nitrogen and oxygen atoms in total. The van der Waals surface area contributed by atoms with Gasteiger partial charge in [-0.1, -0.05) is 36.4 Å². The molecule has 0 bridgehead atoms. The monoisotopic (exact) mass is 159 g/mol. The van der Waals surface area contributed by atoms with Crippen LogP contribution in [0.2, 0.25) is 0 Å². The van der Waals surface area contributed by atoms with Gasteiger partial charge >= 0.3 is 0 Å². The quantitative estimate of drug-likeness (QED) is 0.621. The summed E-state index contributed by atoms with van der Waals surface area (Å²) in [4.78, 5) is 0. The molecule has 0 heterocycles. The fraction of sp³-hybridized carbons (Fsp3) is 0.0909. The van der Waals surface area contributed by atoms with Crippen molar-refractivity contribution in [3.63, 3.8) is 0 Å². The predicted molar refractivity (Wildman–Crippen MR) is 50.5 cm³/mol. The lowest BCUT2D eigenvalue weighted by molar-refractivity contribution is 0.420. The lowest BCUT2D eigenvalue weighted by atomic mass is 10.1. The Bertz CT molecular complexity index is 432. The molecule has 0 N–H and O–H groups in total. The Hall–Kier alpha value is -1.50. The molecule has 0 atom stereocenters. The number of methoxy groups -OCH3 is 1. The molecule has 0 aromatic heterocycles. The molecule has 0 aliphatic carbocycles. The van der Waals surface area contributed by atoms with E-state index in [4.69, 9.17) is 6.11 Å². The zero-order valence-corrected chi connectivity index (χ0v) is 6.87. The van der Waals surface area contributed by atoms with E-state index < -0.39 is 0 Å². The van der Waals surface area contributed by atoms with Crippen LogP contribution < -0.4 is 4.74 Å². The van der Waals surface area contributed by atoms with E-state index in [0.717, 1.165) is 16.5 Å². The van der Waals surface area contributed by atoms with Crippen LogP contribution in [-0.4, -0.2) is 7.11 Å². The third kappa shape index (κ3) is 1.03. The first-order chi connectivity index (χ1) is 6.33. The molecule has 0 amide bonds. The van der Waals surface area contributed by atoms with Crippen LogP contribution >= 0.6 is 0 Å². The van der Waals surface area contributed by atoms with E-state index in [0.29, 0.717) is 6.04 Å². The van der Waals surface area contributed by atoms with E-state index in [1.807, 2.05) is 30.3 Å². The molecular weight excluding hydrogens is 148 g/mol. The van der Waals surface area contributed by atoms with Crippen molar-refractivity contribution in [2.45, 2.75) is 0 Å². The van der Waals surface area contributed by atoms with Gasteiger partial charge in [-0.2, -0.15) is 0 Å². The number of rotatable bonds is 1. The summed E-state index contributed by atoms with van der Waals surface area (Å²) >= 11 is 0. The lowest BCUT2D eigenvalue weighted by Crippen LogP contribution is -1.83. The second kappa shape index (κ2) is 2.86. The van der Waals surface area contributed by atoms with Crippen molar-refractivity contribution in [3.8, 4) is 5.75 Å². The molecule has 2 aromatic rings. The third-order valence-corrected chi connectivity index (χ3v) is 1.88. The summed E-state index contributed by atoms with van der Waals surface area (Å²) in [5.74, 6) is 0.767. The minimum absolute atomic E-state index is 0.509. The van der Waals surface area contributed by atoms with Gasteiger partial charge in [-0.05, 0) is 11.5 Å². The number of hydrogen-bond donors (Lipinski definition) is 0. The molecule has 0 aliphatic heterocycles. The molecule has 2 rings (SSSR count). The molecular formula is C11H10O. The van der Waals surface area contributed by atoms with Crippen molar-refractivity contribution in [2.75, 3.05) is 7.11 Å². The summed E-state index contributed by atoms with van der Waals surface area (Å²) in [7, 11) is 1.63. The Balaban J connectivity index is 2.87. The van der Waals surface area contributed by atoms with Gasteiger partial charge in [-0.25, -0.2) is 0 Å². The molecule has 2 aromatic carbocycles. The van der Waals surface area contributed by atoms with Crippen molar-refractivity contribution in [2.24, 2.45) is 0 Å². The van der Waals surface area contributed by atoms with Crippen LogP contribution in [0.4, 0.5) is 0 Å². The predicted octanol–water partition coefficient (Wildman–Crippen LogP) is 2.85. The Morgan fingerprint density at radius 1 is 1.17 bits per heavy atom. The van der Waals surface area contributed by atoms with Gasteiger partial charge < -0.3 is 4.74 Å². The van der Waals surface area contributed by atoms with Crippen LogP contribution in [0.5, 0.6) is 5.75 Å². The first kappa shape index (κ1) is 6.06. The lowest BCUT2D eigenvalue weighted by Gasteiger charge is -2.03. The van der Waals surface area contributed by atoms with Crippen LogP contribution in [0.25, 0.3) is 10.8 Å². The van der Waals surface area contributed by atoms with Gasteiger partial charge in [0.05, 0.1) is 8.48 Å². The van der Waals surface area contributed by atoms with Gasteiger partial charge in [0, 0.05) is 5.39 Å². The van der Waals surface area contributed by atoms with Crippen LogP contribution in [0, 0.1) is 0 Å². The highest BCUT2D eigenvalue weighted by Gasteiger charge is 1.96. The summed E-state index contributed by atoms with van der Waals surface area (Å²) in [6.07, 6.45) is 0. The van der Waals surface area contributed by atoms with Gasteiger partial charge in [0.2, 0.25) is 0 Å². The SMILES string of the molecule is [2H]c1cccc2cccc(OC)c12. The molecule has 12 heavy (non-hydrogen) atoms. The summed E-state index contributed by atoms with van der Waals surface area (Å²) < 4.78 is 12.9. The molecule has 0 saturated carbocycles. The average molecular weight is 159 g/mol. The van der Waals surface area contributed by atoms with Crippen LogP contribution in [0.3, 0.4) is 0 Å². The first-order valence-corrected chi connectivity index (χ1v) is 3.85. The van der Waals surface area contributed by atoms with Gasteiger partial charge in [0.25, 0.3) is 0 Å². The zero-order chi connectivity index (χ0) is 9.26. The number of fused-ring (bicyclic) bond motifs is 1. The Morgan fingerprint density at radius 2 is 2.00 bits per heavy atom. The van der Waals surface area contributed by atoms with E-state index in [2.05, 4.69) is 0 Å². The summed E-state index contributed by atoms with van der Waals surface area (Å²) in [6.45, 7) is 0. The highest BCUT2D eigenvalue weighted by molar-refractivity contribution is 5.88. The van der Waals surface area contributed by atoms with Crippen molar-refractivity contribution in [3.05, 3.63) is 42.4 Å². The number of hydrogen-bond acceptors (Lipinski definition) is 1. The maximum atomic E-state index is 7.73. The van der Waals surface area contributed by atoms with Gasteiger partial charge in [0.15, 0.2) is 0 Å². The van der Waals surface area contributed by atoms with Crippen molar-refractivity contribution in [1.29, 1.82) is 0 Å². The molecule has 0 radical (unpaired) electrons. The Labute approximate surface area is 73.0 Å². The Kier molecular flexibility index (Phi) is 1.44. The molecule has 0 aliphatic rings. The molecule has 1 heteroatoms. The van der Waals surface area contributed by atoms with Crippen LogP contribution in [0.1, 0.15) is 1.37 Å². The van der Waals surface area contributed by atoms with E-state index in [1.54, 1.807) is 13.2 Å². The topological polar surface area (TPSA) is 9.23 Å². The summed E-state index contributed by atoms with van der Waals surface area (Å²) in [5, 5.41) is 1.93. The first-order valence-electron chi connectivity index (χ1n) is 4.35. The van der Waals surface area contributed by atoms with Gasteiger partial charge in [0.1, 0.15) is 5.75 Å². The highest BCUT2D eigenvalue weighted by atomic mass is 16.5. The van der Waals surface area contributed by atoms with E-state index in [-0.39, 0.29) is 0 Å². The van der Waals surface area contributed by atoms with E-state index in [1.165, 1.54) is 0 Å². The van der Waals surface area contributed by atoms with Crippen LogP contribution in [0.15, 0.2) is 42.4 Å². The Morgan fingerprint density at radius 3 is 2.83 bits per heavy atom.